The predicted molar refractivity (Wildman–Crippen MR) is 115 cm³/mol. The van der Waals surface area contributed by atoms with Gasteiger partial charge in [-0.05, 0) is 49.2 Å². The number of halogens is 3. The Bertz CT molecular complexity index is 1250. The number of nitrogens with two attached hydrogens (primary N) is 2. The van der Waals surface area contributed by atoms with Gasteiger partial charge in [0, 0.05) is 34.8 Å². The zero-order valence-electron chi connectivity index (χ0n) is 17.8. The topological polar surface area (TPSA) is 107 Å². The van der Waals surface area contributed by atoms with Crippen LogP contribution in [0, 0.1) is 0 Å². The quantitative estimate of drug-likeness (QED) is 0.620. The number of anilines is 1. The first kappa shape index (κ1) is 21.6. The van der Waals surface area contributed by atoms with Gasteiger partial charge in [0.05, 0.1) is 36.0 Å². The number of alkyl halides is 3. The molecule has 2 aromatic heterocycles. The minimum atomic E-state index is -4.47. The summed E-state index contributed by atoms with van der Waals surface area (Å²) in [5.41, 5.74) is 14.5. The van der Waals surface area contributed by atoms with Crippen molar-refractivity contribution in [3.8, 4) is 0 Å². The first-order chi connectivity index (χ1) is 15.6. The van der Waals surface area contributed by atoms with Gasteiger partial charge in [-0.25, -0.2) is 4.98 Å². The summed E-state index contributed by atoms with van der Waals surface area (Å²) in [5.74, 6) is 0.148. The van der Waals surface area contributed by atoms with Crippen molar-refractivity contribution in [2.24, 2.45) is 5.73 Å². The average Bonchev–Trinajstić information content (AvgIpc) is 3.36. The highest BCUT2D eigenvalue weighted by atomic mass is 19.4. The second kappa shape index (κ2) is 7.67. The van der Waals surface area contributed by atoms with Crippen molar-refractivity contribution >= 4 is 22.6 Å². The molecule has 3 aromatic rings. The summed E-state index contributed by atoms with van der Waals surface area (Å²) in [4.78, 5) is 23.4. The number of carbonyl (C=O) groups is 1. The van der Waals surface area contributed by atoms with Gasteiger partial charge in [-0.15, -0.1) is 0 Å². The maximum Gasteiger partial charge on any atom is 0.417 e. The Morgan fingerprint density at radius 2 is 2.03 bits per heavy atom. The highest BCUT2D eigenvalue weighted by molar-refractivity contribution is 5.99. The fourth-order valence-corrected chi connectivity index (χ4v) is 4.32. The molecule has 172 valence electrons. The second-order valence-electron chi connectivity index (χ2n) is 8.51. The first-order valence-corrected chi connectivity index (χ1v) is 10.6. The number of ether oxygens (including phenoxy) is 1. The van der Waals surface area contributed by atoms with Gasteiger partial charge < -0.3 is 21.1 Å². The molecule has 5 rings (SSSR count). The Balaban J connectivity index is 1.47. The van der Waals surface area contributed by atoms with Crippen molar-refractivity contribution in [1.82, 2.24) is 14.9 Å². The van der Waals surface area contributed by atoms with Gasteiger partial charge >= 0.3 is 6.18 Å². The van der Waals surface area contributed by atoms with E-state index in [2.05, 4.69) is 9.97 Å². The molecule has 2 aliphatic rings. The lowest BCUT2D eigenvalue weighted by Gasteiger charge is -2.23. The number of benzene rings is 1. The molecule has 1 aliphatic heterocycles. The predicted octanol–water partition coefficient (Wildman–Crippen LogP) is 3.56. The number of hydrogen-bond donors (Lipinski definition) is 2. The average molecular weight is 457 g/mol. The lowest BCUT2D eigenvalue weighted by Crippen LogP contribution is -2.36. The number of pyridine rings is 2. The van der Waals surface area contributed by atoms with Gasteiger partial charge in [0.25, 0.3) is 5.91 Å². The summed E-state index contributed by atoms with van der Waals surface area (Å²) in [6, 6.07) is 7.06. The van der Waals surface area contributed by atoms with Crippen molar-refractivity contribution in [2.45, 2.75) is 50.9 Å². The molecule has 0 saturated heterocycles. The van der Waals surface area contributed by atoms with E-state index < -0.39 is 11.7 Å². The van der Waals surface area contributed by atoms with E-state index in [-0.39, 0.29) is 30.6 Å². The summed E-state index contributed by atoms with van der Waals surface area (Å²) in [5, 5.41) is 0.794. The van der Waals surface area contributed by atoms with Crippen LogP contribution in [0.1, 0.15) is 52.2 Å². The van der Waals surface area contributed by atoms with E-state index in [1.54, 1.807) is 23.1 Å². The monoisotopic (exact) mass is 457 g/mol. The molecule has 3 atom stereocenters. The van der Waals surface area contributed by atoms with Gasteiger partial charge in [0.1, 0.15) is 5.82 Å². The Hall–Kier alpha value is -3.24. The van der Waals surface area contributed by atoms with E-state index in [0.717, 1.165) is 28.8 Å². The Labute approximate surface area is 187 Å². The normalized spacial score (nSPS) is 21.8. The molecule has 3 heterocycles. The highest BCUT2D eigenvalue weighted by Gasteiger charge is 2.42. The molecule has 0 bridgehead atoms. The smallest absolute Gasteiger partial charge is 0.383 e. The van der Waals surface area contributed by atoms with Crippen LogP contribution in [-0.4, -0.2) is 32.9 Å². The third-order valence-corrected chi connectivity index (χ3v) is 6.25. The van der Waals surface area contributed by atoms with Crippen LogP contribution in [0.4, 0.5) is 19.0 Å². The SMILES string of the molecule is C[C@H]1OCc2c1c(N)nc1ccc(C(=O)N(Cc3ccc(C(F)(F)F)cn3)[C@H]3C[C@@H]3N)cc21. The fourth-order valence-electron chi connectivity index (χ4n) is 4.32. The minimum Gasteiger partial charge on any atom is -0.383 e. The summed E-state index contributed by atoms with van der Waals surface area (Å²) in [7, 11) is 0. The van der Waals surface area contributed by atoms with E-state index in [4.69, 9.17) is 16.2 Å². The molecule has 0 radical (unpaired) electrons. The minimum absolute atomic E-state index is 0.0611. The molecule has 1 aliphatic carbocycles. The highest BCUT2D eigenvalue weighted by Crippen LogP contribution is 2.38. The number of fused-ring (bicyclic) bond motifs is 3. The maximum atomic E-state index is 13.5. The Morgan fingerprint density at radius 3 is 2.67 bits per heavy atom. The van der Waals surface area contributed by atoms with E-state index in [9.17, 15) is 18.0 Å². The summed E-state index contributed by atoms with van der Waals surface area (Å²) in [6.07, 6.45) is -3.24. The van der Waals surface area contributed by atoms with E-state index in [1.165, 1.54) is 6.07 Å². The molecule has 1 fully saturated rings. The van der Waals surface area contributed by atoms with Crippen molar-refractivity contribution in [3.63, 3.8) is 0 Å². The number of nitrogen functional groups attached to an aromatic ring is 1. The molecule has 33 heavy (non-hydrogen) atoms. The van der Waals surface area contributed by atoms with E-state index >= 15 is 0 Å². The fraction of sp³-hybridized carbons (Fsp3) is 0.348. The molecule has 1 aromatic carbocycles. The van der Waals surface area contributed by atoms with Gasteiger partial charge in [-0.1, -0.05) is 0 Å². The molecular weight excluding hydrogens is 435 g/mol. The first-order valence-electron chi connectivity index (χ1n) is 10.6. The number of hydrogen-bond acceptors (Lipinski definition) is 6. The largest absolute Gasteiger partial charge is 0.417 e. The molecule has 4 N–H and O–H groups in total. The van der Waals surface area contributed by atoms with Crippen LogP contribution in [-0.2, 0) is 24.1 Å². The third-order valence-electron chi connectivity index (χ3n) is 6.25. The molecular formula is C23H22F3N5O2. The van der Waals surface area contributed by atoms with Crippen molar-refractivity contribution in [3.05, 3.63) is 64.5 Å². The van der Waals surface area contributed by atoms with Crippen LogP contribution in [0.5, 0.6) is 0 Å². The zero-order chi connectivity index (χ0) is 23.5. The van der Waals surface area contributed by atoms with Gasteiger partial charge in [-0.2, -0.15) is 13.2 Å². The lowest BCUT2D eigenvalue weighted by atomic mass is 10.00. The molecule has 0 unspecified atom stereocenters. The molecule has 1 saturated carbocycles. The number of nitrogens with zero attached hydrogens (tertiary/aromatic N) is 3. The van der Waals surface area contributed by atoms with Crippen LogP contribution in [0.15, 0.2) is 36.5 Å². The van der Waals surface area contributed by atoms with E-state index in [1.807, 2.05) is 6.92 Å². The van der Waals surface area contributed by atoms with E-state index in [0.29, 0.717) is 35.6 Å². The number of aromatic nitrogens is 2. The Kier molecular flexibility index (Phi) is 5.02. The van der Waals surface area contributed by atoms with Crippen molar-refractivity contribution in [1.29, 1.82) is 0 Å². The molecule has 0 spiro atoms. The third kappa shape index (κ3) is 3.89. The number of amides is 1. The molecule has 10 heteroatoms. The van der Waals surface area contributed by atoms with Gasteiger partial charge in [0.2, 0.25) is 0 Å². The lowest BCUT2D eigenvalue weighted by molar-refractivity contribution is -0.137. The summed E-state index contributed by atoms with van der Waals surface area (Å²) < 4.78 is 44.3. The molecule has 7 nitrogen and oxygen atoms in total. The maximum absolute atomic E-state index is 13.5. The molecule has 1 amide bonds. The summed E-state index contributed by atoms with van der Waals surface area (Å²) >= 11 is 0. The van der Waals surface area contributed by atoms with Crippen LogP contribution in [0.25, 0.3) is 10.9 Å². The van der Waals surface area contributed by atoms with Crippen molar-refractivity contribution in [2.75, 3.05) is 5.73 Å². The number of rotatable bonds is 4. The van der Waals surface area contributed by atoms with Crippen LogP contribution in [0.3, 0.4) is 0 Å². The second-order valence-corrected chi connectivity index (χ2v) is 8.51. The Morgan fingerprint density at radius 1 is 1.27 bits per heavy atom. The van der Waals surface area contributed by atoms with Crippen LogP contribution in [0.2, 0.25) is 0 Å². The standard InChI is InChI=1S/C23H22F3N5O2/c1-11-20-16(10-33-11)15-6-12(2-5-18(15)30-21(20)28)22(32)31(19-7-17(19)27)9-14-4-3-13(8-29-14)23(24,25)26/h2-6,8,11,17,19H,7,9-10,27H2,1H3,(H2,28,30)/t11-,17+,19+/m1/s1. The van der Waals surface area contributed by atoms with Crippen LogP contribution < -0.4 is 11.5 Å². The van der Waals surface area contributed by atoms with Crippen LogP contribution >= 0.6 is 0 Å². The van der Waals surface area contributed by atoms with Gasteiger partial charge in [-0.3, -0.25) is 9.78 Å². The van der Waals surface area contributed by atoms with Gasteiger partial charge in [0.15, 0.2) is 0 Å². The van der Waals surface area contributed by atoms with Crippen molar-refractivity contribution < 1.29 is 22.7 Å². The summed E-state index contributed by atoms with van der Waals surface area (Å²) in [6.45, 7) is 2.34. The number of carbonyl (C=O) groups excluding carboxylic acids is 1. The zero-order valence-corrected chi connectivity index (χ0v) is 17.8.